The zero-order valence-electron chi connectivity index (χ0n) is 14.0. The van der Waals surface area contributed by atoms with Crippen molar-refractivity contribution in [3.63, 3.8) is 0 Å². The van der Waals surface area contributed by atoms with Crippen LogP contribution in [0.5, 0.6) is 0 Å². The Morgan fingerprint density at radius 3 is 2.58 bits per heavy atom. The summed E-state index contributed by atoms with van der Waals surface area (Å²) in [5.41, 5.74) is 0.465. The smallest absolute Gasteiger partial charge is 0.421 e. The summed E-state index contributed by atoms with van der Waals surface area (Å²) in [4.78, 5) is 15.3. The van der Waals surface area contributed by atoms with E-state index in [1.807, 2.05) is 4.72 Å². The largest absolute Gasteiger partial charge is 0.449 e. The molecule has 1 aromatic heterocycles. The molecule has 1 saturated carbocycles. The first-order chi connectivity index (χ1) is 11.5. The molecule has 1 amide bonds. The number of pyridine rings is 1. The Kier molecular flexibility index (Phi) is 6.84. The molecule has 2 rings (SSSR count). The van der Waals surface area contributed by atoms with Gasteiger partial charge in [-0.25, -0.2) is 17.9 Å². The number of anilines is 1. The lowest BCUT2D eigenvalue weighted by atomic mass is 9.96. The number of nitrogens with zero attached hydrogens (tertiary/aromatic N) is 1. The van der Waals surface area contributed by atoms with Crippen molar-refractivity contribution in [1.29, 1.82) is 0 Å². The molecule has 0 unspecified atom stereocenters. The second kappa shape index (κ2) is 8.86. The number of nitrogens with one attached hydrogen (secondary N) is 2. The van der Waals surface area contributed by atoms with Crippen molar-refractivity contribution in [3.05, 3.63) is 18.5 Å². The average molecular weight is 355 g/mol. The molecule has 0 atom stereocenters. The minimum Gasteiger partial charge on any atom is -0.449 e. The summed E-state index contributed by atoms with van der Waals surface area (Å²) in [5, 5.41) is 3.32. The molecule has 0 aliphatic heterocycles. The summed E-state index contributed by atoms with van der Waals surface area (Å²) in [5.74, 6) is 0. The van der Waals surface area contributed by atoms with Crippen LogP contribution in [0.1, 0.15) is 51.9 Å². The standard InChI is InChI=1S/C16H25N3O4S/c1-2-23-16(20)19-24(21,22)15-12-17-11-10-14(15)18-13-8-6-4-3-5-7-9-13/h10-13H,2-9H2,1H3,(H,17,18)(H,19,20). The SMILES string of the molecule is CCOC(=O)NS(=O)(=O)c1cnccc1NC1CCCCCCC1. The van der Waals surface area contributed by atoms with Crippen LogP contribution in [0.25, 0.3) is 0 Å². The van der Waals surface area contributed by atoms with Gasteiger partial charge >= 0.3 is 6.09 Å². The average Bonchev–Trinajstić information content (AvgIpc) is 2.50. The molecule has 2 N–H and O–H groups in total. The highest BCUT2D eigenvalue weighted by molar-refractivity contribution is 7.90. The maximum absolute atomic E-state index is 12.4. The Morgan fingerprint density at radius 2 is 1.92 bits per heavy atom. The Balaban J connectivity index is 2.15. The highest BCUT2D eigenvalue weighted by Crippen LogP contribution is 2.25. The summed E-state index contributed by atoms with van der Waals surface area (Å²) in [6, 6.07) is 1.85. The van der Waals surface area contributed by atoms with E-state index in [1.165, 1.54) is 31.7 Å². The molecule has 0 saturated heterocycles. The van der Waals surface area contributed by atoms with Gasteiger partial charge in [-0.1, -0.05) is 32.1 Å². The highest BCUT2D eigenvalue weighted by atomic mass is 32.2. The Hall–Kier alpha value is -1.83. The van der Waals surface area contributed by atoms with Gasteiger partial charge < -0.3 is 10.1 Å². The van der Waals surface area contributed by atoms with Crippen molar-refractivity contribution >= 4 is 21.8 Å². The summed E-state index contributed by atoms with van der Waals surface area (Å²) in [6.45, 7) is 1.71. The number of ether oxygens (including phenoxy) is 1. The molecule has 7 nitrogen and oxygen atoms in total. The van der Waals surface area contributed by atoms with Crippen molar-refractivity contribution in [2.75, 3.05) is 11.9 Å². The number of carbonyl (C=O) groups excluding carboxylic acids is 1. The molecule has 0 spiro atoms. The summed E-state index contributed by atoms with van der Waals surface area (Å²) in [7, 11) is -4.03. The fourth-order valence-electron chi connectivity index (χ4n) is 2.86. The molecular weight excluding hydrogens is 330 g/mol. The second-order valence-electron chi connectivity index (χ2n) is 5.88. The van der Waals surface area contributed by atoms with Gasteiger partial charge in [-0.3, -0.25) is 4.98 Å². The van der Waals surface area contributed by atoms with E-state index >= 15 is 0 Å². The van der Waals surface area contributed by atoms with Crippen LogP contribution in [0.3, 0.4) is 0 Å². The van der Waals surface area contributed by atoms with Gasteiger partial charge in [0, 0.05) is 18.4 Å². The predicted molar refractivity (Wildman–Crippen MR) is 91.3 cm³/mol. The van der Waals surface area contributed by atoms with Gasteiger partial charge in [0.1, 0.15) is 4.90 Å². The first-order valence-electron chi connectivity index (χ1n) is 8.43. The van der Waals surface area contributed by atoms with E-state index in [0.717, 1.165) is 25.7 Å². The maximum atomic E-state index is 12.4. The van der Waals surface area contributed by atoms with Gasteiger partial charge in [0.15, 0.2) is 0 Å². The first kappa shape index (κ1) is 18.5. The molecule has 0 bridgehead atoms. The monoisotopic (exact) mass is 355 g/mol. The predicted octanol–water partition coefficient (Wildman–Crippen LogP) is 3.04. The van der Waals surface area contributed by atoms with E-state index in [1.54, 1.807) is 13.0 Å². The highest BCUT2D eigenvalue weighted by Gasteiger charge is 2.23. The third-order valence-electron chi connectivity index (χ3n) is 4.03. The molecule has 1 aliphatic carbocycles. The fourth-order valence-corrected chi connectivity index (χ4v) is 3.86. The normalized spacial score (nSPS) is 16.7. The van der Waals surface area contributed by atoms with Crippen molar-refractivity contribution in [2.24, 2.45) is 0 Å². The van der Waals surface area contributed by atoms with Crippen molar-refractivity contribution in [2.45, 2.75) is 62.8 Å². The van der Waals surface area contributed by atoms with E-state index in [9.17, 15) is 13.2 Å². The number of amides is 1. The van der Waals surface area contributed by atoms with E-state index in [-0.39, 0.29) is 17.5 Å². The number of aromatic nitrogens is 1. The molecule has 8 heteroatoms. The molecule has 1 aromatic rings. The van der Waals surface area contributed by atoms with Gasteiger partial charge in [-0.05, 0) is 25.8 Å². The van der Waals surface area contributed by atoms with Crippen LogP contribution in [-0.4, -0.2) is 32.1 Å². The van der Waals surface area contributed by atoms with Crippen LogP contribution < -0.4 is 10.0 Å². The Labute approximate surface area is 143 Å². The molecule has 1 fully saturated rings. The van der Waals surface area contributed by atoms with E-state index in [4.69, 9.17) is 0 Å². The van der Waals surface area contributed by atoms with Crippen LogP contribution in [-0.2, 0) is 14.8 Å². The fraction of sp³-hybridized carbons (Fsp3) is 0.625. The van der Waals surface area contributed by atoms with Gasteiger partial charge in [0.05, 0.1) is 12.3 Å². The molecule has 1 aliphatic rings. The van der Waals surface area contributed by atoms with Crippen LogP contribution in [0.4, 0.5) is 10.5 Å². The molecular formula is C16H25N3O4S. The van der Waals surface area contributed by atoms with Crippen molar-refractivity contribution in [3.8, 4) is 0 Å². The lowest BCUT2D eigenvalue weighted by Gasteiger charge is -2.23. The molecule has 1 heterocycles. The van der Waals surface area contributed by atoms with Gasteiger partial charge in [0.25, 0.3) is 10.0 Å². The van der Waals surface area contributed by atoms with Crippen molar-refractivity contribution in [1.82, 2.24) is 9.71 Å². The van der Waals surface area contributed by atoms with Gasteiger partial charge in [0.2, 0.25) is 0 Å². The quantitative estimate of drug-likeness (QED) is 0.842. The molecule has 0 radical (unpaired) electrons. The maximum Gasteiger partial charge on any atom is 0.421 e. The lowest BCUT2D eigenvalue weighted by Crippen LogP contribution is -2.32. The van der Waals surface area contributed by atoms with Gasteiger partial charge in [-0.2, -0.15) is 0 Å². The second-order valence-corrected chi connectivity index (χ2v) is 7.54. The summed E-state index contributed by atoms with van der Waals surface area (Å²) in [6.07, 6.45) is 9.76. The Bertz CT molecular complexity index is 640. The number of hydrogen-bond acceptors (Lipinski definition) is 6. The molecule has 134 valence electrons. The minimum absolute atomic E-state index is 0.0416. The van der Waals surface area contributed by atoms with Crippen molar-refractivity contribution < 1.29 is 17.9 Å². The first-order valence-corrected chi connectivity index (χ1v) is 9.91. The number of hydrogen-bond donors (Lipinski definition) is 2. The summed E-state index contributed by atoms with van der Waals surface area (Å²) >= 11 is 0. The number of sulfonamides is 1. The molecule has 0 aromatic carbocycles. The zero-order valence-corrected chi connectivity index (χ0v) is 14.8. The van der Waals surface area contributed by atoms with Crippen LogP contribution in [0.2, 0.25) is 0 Å². The molecule has 24 heavy (non-hydrogen) atoms. The third-order valence-corrected chi connectivity index (χ3v) is 5.37. The summed E-state index contributed by atoms with van der Waals surface area (Å²) < 4.78 is 31.4. The van der Waals surface area contributed by atoms with Crippen LogP contribution in [0, 0.1) is 0 Å². The Morgan fingerprint density at radius 1 is 1.25 bits per heavy atom. The van der Waals surface area contributed by atoms with E-state index in [2.05, 4.69) is 15.0 Å². The van der Waals surface area contributed by atoms with E-state index in [0.29, 0.717) is 5.69 Å². The van der Waals surface area contributed by atoms with Crippen LogP contribution >= 0.6 is 0 Å². The van der Waals surface area contributed by atoms with E-state index < -0.39 is 16.1 Å². The lowest BCUT2D eigenvalue weighted by molar-refractivity contribution is 0.158. The third kappa shape index (κ3) is 5.36. The zero-order chi connectivity index (χ0) is 17.4. The topological polar surface area (TPSA) is 97.4 Å². The number of rotatable bonds is 5. The van der Waals surface area contributed by atoms with Gasteiger partial charge in [-0.15, -0.1) is 0 Å². The van der Waals surface area contributed by atoms with Crippen LogP contribution in [0.15, 0.2) is 23.4 Å². The minimum atomic E-state index is -4.03. The number of carbonyl (C=O) groups is 1.